The molecule has 1 saturated heterocycles. The van der Waals surface area contributed by atoms with Crippen LogP contribution in [0.15, 0.2) is 53.1 Å². The third kappa shape index (κ3) is 5.66. The fraction of sp³-hybridized carbons (Fsp3) is 0.333. The van der Waals surface area contributed by atoms with E-state index in [1.165, 1.54) is 6.07 Å². The molecule has 2 aromatic carbocycles. The lowest BCUT2D eigenvalue weighted by atomic mass is 9.94. The van der Waals surface area contributed by atoms with Gasteiger partial charge in [0.25, 0.3) is 5.89 Å². The maximum Gasteiger partial charge on any atom is 0.320 e. The molecule has 0 unspecified atom stereocenters. The van der Waals surface area contributed by atoms with Crippen molar-refractivity contribution < 1.29 is 22.8 Å². The van der Waals surface area contributed by atoms with Crippen LogP contribution in [0.5, 0.6) is 0 Å². The van der Waals surface area contributed by atoms with Gasteiger partial charge >= 0.3 is 6.03 Å². The van der Waals surface area contributed by atoms with E-state index in [-0.39, 0.29) is 17.9 Å². The number of aryl methyl sites for hydroxylation is 1. The molecule has 2 atom stereocenters. The predicted octanol–water partition coefficient (Wildman–Crippen LogP) is 4.05. The number of halogens is 2. The summed E-state index contributed by atoms with van der Waals surface area (Å²) in [6, 6.07) is 12.4. The Hall–Kier alpha value is -4.16. The Bertz CT molecular complexity index is 1460. The number of likely N-dealkylation sites (tertiary alicyclic amines) is 1. The van der Waals surface area contributed by atoms with Crippen molar-refractivity contribution in [1.29, 1.82) is 0 Å². The van der Waals surface area contributed by atoms with Crippen molar-refractivity contribution >= 4 is 11.8 Å². The molecule has 0 aliphatic carbocycles. The molecular formula is C27H29F2N7O3. The molecule has 204 valence electrons. The lowest BCUT2D eigenvalue weighted by Gasteiger charge is -2.21. The Morgan fingerprint density at radius 2 is 1.92 bits per heavy atom. The summed E-state index contributed by atoms with van der Waals surface area (Å²) in [4.78, 5) is 19.8. The van der Waals surface area contributed by atoms with Gasteiger partial charge in [-0.05, 0) is 43.7 Å². The van der Waals surface area contributed by atoms with Crippen LogP contribution < -0.4 is 10.6 Å². The maximum atomic E-state index is 14.1. The standard InChI is InChI=1S/C27H29F2N7O3/c1-16-24(26-30-17(2)34-39-26)33-36(19-7-5-4-6-8-19)25(16)32-27(37)31-23-15-35(11-12-38-3)14-20(23)18-9-10-21(28)22(29)13-18/h4-10,13,20,23H,11-12,14-15H2,1-3H3,(H2,31,32,37)/t20-,23+/m0/s1. The van der Waals surface area contributed by atoms with E-state index in [2.05, 4.69) is 30.8 Å². The normalized spacial score (nSPS) is 17.5. The monoisotopic (exact) mass is 537 g/mol. The second-order valence-corrected chi connectivity index (χ2v) is 9.45. The molecule has 39 heavy (non-hydrogen) atoms. The molecule has 0 radical (unpaired) electrons. The highest BCUT2D eigenvalue weighted by molar-refractivity contribution is 5.91. The number of hydrogen-bond donors (Lipinski definition) is 2. The quantitative estimate of drug-likeness (QED) is 0.349. The molecule has 1 aliphatic rings. The summed E-state index contributed by atoms with van der Waals surface area (Å²) in [5, 5.41) is 14.5. The summed E-state index contributed by atoms with van der Waals surface area (Å²) in [5.74, 6) is -0.938. The van der Waals surface area contributed by atoms with Gasteiger partial charge in [0.15, 0.2) is 23.2 Å². The number of carbonyl (C=O) groups is 1. The zero-order valence-corrected chi connectivity index (χ0v) is 21.8. The van der Waals surface area contributed by atoms with Crippen LogP contribution in [0.1, 0.15) is 22.9 Å². The Morgan fingerprint density at radius 1 is 1.13 bits per heavy atom. The molecule has 2 aromatic heterocycles. The van der Waals surface area contributed by atoms with Crippen LogP contribution in [0.2, 0.25) is 0 Å². The minimum absolute atomic E-state index is 0.242. The average Bonchev–Trinajstić information content (AvgIpc) is 3.62. The molecule has 3 heterocycles. The number of amides is 2. The molecule has 5 rings (SSSR count). The number of hydrogen-bond acceptors (Lipinski definition) is 7. The molecule has 12 heteroatoms. The number of methoxy groups -OCH3 is 1. The van der Waals surface area contributed by atoms with Gasteiger partial charge in [0.2, 0.25) is 0 Å². The van der Waals surface area contributed by atoms with Gasteiger partial charge in [-0.3, -0.25) is 10.2 Å². The summed E-state index contributed by atoms with van der Waals surface area (Å²) in [6.45, 7) is 5.75. The maximum absolute atomic E-state index is 14.1. The molecular weight excluding hydrogens is 508 g/mol. The minimum atomic E-state index is -0.919. The second kappa shape index (κ2) is 11.3. The number of urea groups is 1. The molecule has 2 amide bonds. The molecule has 0 saturated carbocycles. The van der Waals surface area contributed by atoms with Gasteiger partial charge in [-0.25, -0.2) is 18.3 Å². The van der Waals surface area contributed by atoms with Crippen LogP contribution in [-0.4, -0.2) is 70.2 Å². The first-order chi connectivity index (χ1) is 18.8. The van der Waals surface area contributed by atoms with E-state index in [0.29, 0.717) is 54.7 Å². The minimum Gasteiger partial charge on any atom is -0.383 e. The van der Waals surface area contributed by atoms with Gasteiger partial charge in [0, 0.05) is 38.2 Å². The topological polar surface area (TPSA) is 110 Å². The highest BCUT2D eigenvalue weighted by Crippen LogP contribution is 2.31. The summed E-state index contributed by atoms with van der Waals surface area (Å²) < 4.78 is 39.8. The van der Waals surface area contributed by atoms with Gasteiger partial charge in [-0.2, -0.15) is 10.1 Å². The van der Waals surface area contributed by atoms with Gasteiger partial charge < -0.3 is 14.6 Å². The summed E-state index contributed by atoms with van der Waals surface area (Å²) in [6.07, 6.45) is 0. The van der Waals surface area contributed by atoms with E-state index in [1.807, 2.05) is 37.3 Å². The van der Waals surface area contributed by atoms with Crippen LogP contribution in [0.25, 0.3) is 17.3 Å². The predicted molar refractivity (Wildman–Crippen MR) is 140 cm³/mol. The second-order valence-electron chi connectivity index (χ2n) is 9.45. The Labute approximate surface area is 224 Å². The number of aromatic nitrogens is 4. The van der Waals surface area contributed by atoms with Gasteiger partial charge in [0.05, 0.1) is 18.3 Å². The van der Waals surface area contributed by atoms with E-state index in [1.54, 1.807) is 24.8 Å². The Morgan fingerprint density at radius 3 is 2.62 bits per heavy atom. The van der Waals surface area contributed by atoms with Crippen molar-refractivity contribution in [3.63, 3.8) is 0 Å². The lowest BCUT2D eigenvalue weighted by molar-refractivity contribution is 0.159. The number of para-hydroxylation sites is 1. The largest absolute Gasteiger partial charge is 0.383 e. The first-order valence-corrected chi connectivity index (χ1v) is 12.5. The molecule has 4 aromatic rings. The smallest absolute Gasteiger partial charge is 0.320 e. The number of nitrogens with one attached hydrogen (secondary N) is 2. The van der Waals surface area contributed by atoms with Gasteiger partial charge in [0.1, 0.15) is 5.82 Å². The molecule has 1 aliphatic heterocycles. The number of benzene rings is 2. The number of rotatable bonds is 8. The highest BCUT2D eigenvalue weighted by Gasteiger charge is 2.35. The number of carbonyl (C=O) groups excluding carboxylic acids is 1. The highest BCUT2D eigenvalue weighted by atomic mass is 19.2. The van der Waals surface area contributed by atoms with Crippen molar-refractivity contribution in [3.8, 4) is 17.3 Å². The molecule has 0 spiro atoms. The average molecular weight is 538 g/mol. The van der Waals surface area contributed by atoms with E-state index in [4.69, 9.17) is 9.26 Å². The zero-order chi connectivity index (χ0) is 27.5. The summed E-state index contributed by atoms with van der Waals surface area (Å²) >= 11 is 0. The SMILES string of the molecule is COCCN1C[C@@H](NC(=O)Nc2c(C)c(-c3nc(C)no3)nn2-c2ccccc2)[C@H](c2ccc(F)c(F)c2)C1. The van der Waals surface area contributed by atoms with E-state index >= 15 is 0 Å². The first-order valence-electron chi connectivity index (χ1n) is 12.5. The van der Waals surface area contributed by atoms with Crippen LogP contribution in [0.4, 0.5) is 19.4 Å². The number of anilines is 1. The first kappa shape index (κ1) is 26.4. The van der Waals surface area contributed by atoms with Crippen LogP contribution >= 0.6 is 0 Å². The fourth-order valence-corrected chi connectivity index (χ4v) is 4.82. The molecule has 0 bridgehead atoms. The number of nitrogens with zero attached hydrogens (tertiary/aromatic N) is 5. The molecule has 10 nitrogen and oxygen atoms in total. The van der Waals surface area contributed by atoms with Crippen LogP contribution in [-0.2, 0) is 4.74 Å². The van der Waals surface area contributed by atoms with Crippen molar-refractivity contribution in [1.82, 2.24) is 30.1 Å². The summed E-state index contributed by atoms with van der Waals surface area (Å²) in [7, 11) is 1.62. The van der Waals surface area contributed by atoms with Crippen molar-refractivity contribution in [2.75, 3.05) is 38.7 Å². The lowest BCUT2D eigenvalue weighted by Crippen LogP contribution is -2.42. The Kier molecular flexibility index (Phi) is 7.66. The van der Waals surface area contributed by atoms with E-state index in [0.717, 1.165) is 11.8 Å². The Balaban J connectivity index is 1.42. The molecule has 1 fully saturated rings. The third-order valence-corrected chi connectivity index (χ3v) is 6.78. The zero-order valence-electron chi connectivity index (χ0n) is 21.8. The fourth-order valence-electron chi connectivity index (χ4n) is 4.82. The molecule has 2 N–H and O–H groups in total. The van der Waals surface area contributed by atoms with E-state index in [9.17, 15) is 13.6 Å². The summed E-state index contributed by atoms with van der Waals surface area (Å²) in [5.41, 5.74) is 2.42. The third-order valence-electron chi connectivity index (χ3n) is 6.78. The number of ether oxygens (including phenoxy) is 1. The van der Waals surface area contributed by atoms with Crippen molar-refractivity contribution in [2.24, 2.45) is 0 Å². The van der Waals surface area contributed by atoms with Gasteiger partial charge in [-0.1, -0.05) is 29.4 Å². The van der Waals surface area contributed by atoms with Crippen molar-refractivity contribution in [2.45, 2.75) is 25.8 Å². The van der Waals surface area contributed by atoms with Gasteiger partial charge in [-0.15, -0.1) is 0 Å². The van der Waals surface area contributed by atoms with Crippen molar-refractivity contribution in [3.05, 3.63) is 77.1 Å². The van der Waals surface area contributed by atoms with Crippen LogP contribution in [0.3, 0.4) is 0 Å². The van der Waals surface area contributed by atoms with Crippen LogP contribution in [0, 0.1) is 25.5 Å². The van der Waals surface area contributed by atoms with E-state index < -0.39 is 17.7 Å².